The van der Waals surface area contributed by atoms with Crippen molar-refractivity contribution in [1.82, 2.24) is 24.0 Å². The number of hydrogen-bond acceptors (Lipinski definition) is 6. The summed E-state index contributed by atoms with van der Waals surface area (Å²) in [6, 6.07) is 3.86. The SMILES string of the molecule is CS(=O)(=O)N1CCCC(c2nn(CC(=O)NC3CCCC3)c(=O)n2-c2cccs2)C1. The molecule has 2 aromatic rings. The van der Waals surface area contributed by atoms with Crippen molar-refractivity contribution >= 4 is 27.3 Å². The van der Waals surface area contributed by atoms with E-state index in [1.54, 1.807) is 0 Å². The highest BCUT2D eigenvalue weighted by Gasteiger charge is 2.32. The molecule has 0 aromatic carbocycles. The van der Waals surface area contributed by atoms with Crippen LogP contribution in [0.3, 0.4) is 0 Å². The summed E-state index contributed by atoms with van der Waals surface area (Å²) in [5.41, 5.74) is -0.370. The summed E-state index contributed by atoms with van der Waals surface area (Å²) in [4.78, 5) is 25.6. The number of carbonyl (C=O) groups excluding carboxylic acids is 1. The fourth-order valence-corrected chi connectivity index (χ4v) is 5.97. The number of thiophene rings is 1. The Morgan fingerprint density at radius 1 is 1.27 bits per heavy atom. The highest BCUT2D eigenvalue weighted by atomic mass is 32.2. The summed E-state index contributed by atoms with van der Waals surface area (Å²) >= 11 is 1.41. The van der Waals surface area contributed by atoms with Crippen LogP contribution in [-0.4, -0.2) is 58.4 Å². The number of aromatic nitrogens is 3. The van der Waals surface area contributed by atoms with Crippen LogP contribution >= 0.6 is 11.3 Å². The van der Waals surface area contributed by atoms with Gasteiger partial charge < -0.3 is 5.32 Å². The molecule has 2 aromatic heterocycles. The van der Waals surface area contributed by atoms with E-state index < -0.39 is 10.0 Å². The topological polar surface area (TPSA) is 106 Å². The Morgan fingerprint density at radius 3 is 2.70 bits per heavy atom. The smallest absolute Gasteiger partial charge is 0.351 e. The van der Waals surface area contributed by atoms with E-state index in [0.717, 1.165) is 32.1 Å². The van der Waals surface area contributed by atoms with Crippen LogP contribution in [0, 0.1) is 0 Å². The second kappa shape index (κ2) is 8.64. The number of piperidine rings is 1. The molecule has 0 bridgehead atoms. The third kappa shape index (κ3) is 4.52. The molecule has 30 heavy (non-hydrogen) atoms. The van der Waals surface area contributed by atoms with Crippen LogP contribution in [0.4, 0.5) is 0 Å². The van der Waals surface area contributed by atoms with Gasteiger partial charge in [0.05, 0.1) is 6.26 Å². The molecule has 0 radical (unpaired) electrons. The molecule has 9 nitrogen and oxygen atoms in total. The number of rotatable bonds is 6. The van der Waals surface area contributed by atoms with Crippen LogP contribution in [0.2, 0.25) is 0 Å². The van der Waals surface area contributed by atoms with Gasteiger partial charge in [0, 0.05) is 25.0 Å². The standard InChI is InChI=1S/C19H27N5O4S2/c1-30(27,28)22-10-4-6-14(12-22)18-21-23(13-16(25)20-15-7-2-3-8-15)19(26)24(18)17-9-5-11-29-17/h5,9,11,14-15H,2-4,6-8,10,12-13H2,1H3,(H,20,25). The number of nitrogens with zero attached hydrogens (tertiary/aromatic N) is 4. The van der Waals surface area contributed by atoms with Crippen LogP contribution in [0.5, 0.6) is 0 Å². The average Bonchev–Trinajstić information content (AvgIpc) is 3.44. The Bertz CT molecular complexity index is 1050. The lowest BCUT2D eigenvalue weighted by molar-refractivity contribution is -0.122. The van der Waals surface area contributed by atoms with Gasteiger partial charge in [-0.3, -0.25) is 4.79 Å². The molecule has 1 saturated heterocycles. The maximum absolute atomic E-state index is 13.1. The molecule has 1 amide bonds. The number of amides is 1. The molecule has 0 spiro atoms. The van der Waals surface area contributed by atoms with E-state index in [4.69, 9.17) is 0 Å². The second-order valence-corrected chi connectivity index (χ2v) is 11.0. The van der Waals surface area contributed by atoms with Crippen molar-refractivity contribution in [3.8, 4) is 5.00 Å². The van der Waals surface area contributed by atoms with Gasteiger partial charge in [-0.2, -0.15) is 5.10 Å². The minimum absolute atomic E-state index is 0.136. The second-order valence-electron chi connectivity index (χ2n) is 8.09. The lowest BCUT2D eigenvalue weighted by Gasteiger charge is -2.30. The van der Waals surface area contributed by atoms with E-state index in [2.05, 4.69) is 10.4 Å². The molecule has 2 fully saturated rings. The van der Waals surface area contributed by atoms with Crippen LogP contribution < -0.4 is 11.0 Å². The Kier molecular flexibility index (Phi) is 6.12. The number of carbonyl (C=O) groups is 1. The first-order valence-corrected chi connectivity index (χ1v) is 13.0. The molecular weight excluding hydrogens is 426 g/mol. The fraction of sp³-hybridized carbons (Fsp3) is 0.632. The van der Waals surface area contributed by atoms with E-state index in [-0.39, 0.29) is 36.6 Å². The maximum Gasteiger partial charge on any atom is 0.351 e. The predicted octanol–water partition coefficient (Wildman–Crippen LogP) is 1.29. The molecule has 164 valence electrons. The molecule has 1 aliphatic heterocycles. The van der Waals surface area contributed by atoms with Crippen LogP contribution in [0.25, 0.3) is 5.00 Å². The first-order valence-electron chi connectivity index (χ1n) is 10.3. The highest BCUT2D eigenvalue weighted by Crippen LogP contribution is 2.28. The summed E-state index contributed by atoms with van der Waals surface area (Å²) in [6.45, 7) is 0.626. The van der Waals surface area contributed by atoms with Crippen molar-refractivity contribution in [2.24, 2.45) is 0 Å². The van der Waals surface area contributed by atoms with Gasteiger partial charge in [0.1, 0.15) is 17.4 Å². The van der Waals surface area contributed by atoms with E-state index in [0.29, 0.717) is 23.8 Å². The van der Waals surface area contributed by atoms with Crippen LogP contribution in [0.1, 0.15) is 50.3 Å². The van der Waals surface area contributed by atoms with Gasteiger partial charge in [-0.05, 0) is 43.2 Å². The maximum atomic E-state index is 13.1. The van der Waals surface area contributed by atoms with E-state index in [1.807, 2.05) is 17.5 Å². The van der Waals surface area contributed by atoms with E-state index >= 15 is 0 Å². The van der Waals surface area contributed by atoms with Crippen molar-refractivity contribution in [3.05, 3.63) is 33.8 Å². The third-order valence-corrected chi connectivity index (χ3v) is 7.95. The zero-order valence-corrected chi connectivity index (χ0v) is 18.6. The monoisotopic (exact) mass is 453 g/mol. The zero-order chi connectivity index (χ0) is 21.3. The molecule has 1 saturated carbocycles. The van der Waals surface area contributed by atoms with Gasteiger partial charge in [0.25, 0.3) is 0 Å². The molecule has 4 rings (SSSR count). The molecule has 1 unspecified atom stereocenters. The van der Waals surface area contributed by atoms with E-state index in [1.165, 1.54) is 31.1 Å². The number of nitrogens with one attached hydrogen (secondary N) is 1. The molecular formula is C19H27N5O4S2. The average molecular weight is 454 g/mol. The Hall–Kier alpha value is -1.98. The van der Waals surface area contributed by atoms with Crippen LogP contribution in [-0.2, 0) is 21.4 Å². The summed E-state index contributed by atoms with van der Waals surface area (Å²) in [6.07, 6.45) is 6.81. The van der Waals surface area contributed by atoms with Gasteiger partial charge in [-0.1, -0.05) is 12.8 Å². The summed E-state index contributed by atoms with van der Waals surface area (Å²) in [5.74, 6) is 0.0969. The summed E-state index contributed by atoms with van der Waals surface area (Å²) in [7, 11) is -3.32. The third-order valence-electron chi connectivity index (χ3n) is 5.82. The first-order chi connectivity index (χ1) is 14.3. The summed E-state index contributed by atoms with van der Waals surface area (Å²) < 4.78 is 28.3. The minimum Gasteiger partial charge on any atom is -0.352 e. The Morgan fingerprint density at radius 2 is 2.03 bits per heavy atom. The normalized spacial score (nSPS) is 21.2. The van der Waals surface area contributed by atoms with Crippen molar-refractivity contribution in [2.45, 2.75) is 57.0 Å². The van der Waals surface area contributed by atoms with Gasteiger partial charge in [0.2, 0.25) is 15.9 Å². The quantitative estimate of drug-likeness (QED) is 0.709. The van der Waals surface area contributed by atoms with Crippen molar-refractivity contribution < 1.29 is 13.2 Å². The molecule has 1 aliphatic carbocycles. The number of hydrogen-bond donors (Lipinski definition) is 1. The van der Waals surface area contributed by atoms with Crippen molar-refractivity contribution in [2.75, 3.05) is 19.3 Å². The predicted molar refractivity (Wildman–Crippen MR) is 114 cm³/mol. The Labute approximate surface area is 179 Å². The van der Waals surface area contributed by atoms with Gasteiger partial charge in [-0.15, -0.1) is 11.3 Å². The lowest BCUT2D eigenvalue weighted by Crippen LogP contribution is -2.39. The largest absolute Gasteiger partial charge is 0.352 e. The Balaban J connectivity index is 1.63. The molecule has 1 atom stereocenters. The van der Waals surface area contributed by atoms with Gasteiger partial charge in [0.15, 0.2) is 0 Å². The van der Waals surface area contributed by atoms with E-state index in [9.17, 15) is 18.0 Å². The fourth-order valence-electron chi connectivity index (χ4n) is 4.33. The summed E-state index contributed by atoms with van der Waals surface area (Å²) in [5, 5.41) is 10.1. The van der Waals surface area contributed by atoms with Crippen molar-refractivity contribution in [1.29, 1.82) is 0 Å². The lowest BCUT2D eigenvalue weighted by atomic mass is 9.99. The number of sulfonamides is 1. The van der Waals surface area contributed by atoms with Gasteiger partial charge >= 0.3 is 5.69 Å². The minimum atomic E-state index is -3.32. The molecule has 1 N–H and O–H groups in total. The van der Waals surface area contributed by atoms with Gasteiger partial charge in [-0.25, -0.2) is 26.8 Å². The highest BCUT2D eigenvalue weighted by molar-refractivity contribution is 7.88. The molecule has 11 heteroatoms. The zero-order valence-electron chi connectivity index (χ0n) is 17.0. The van der Waals surface area contributed by atoms with Crippen molar-refractivity contribution in [3.63, 3.8) is 0 Å². The molecule has 3 heterocycles. The first kappa shape index (κ1) is 21.3. The molecule has 2 aliphatic rings. The van der Waals surface area contributed by atoms with Crippen LogP contribution in [0.15, 0.2) is 22.3 Å².